The molecule has 0 heterocycles. The highest BCUT2D eigenvalue weighted by Gasteiger charge is 2.22. The number of rotatable bonds is 2. The fourth-order valence-electron chi connectivity index (χ4n) is 4.39. The lowest BCUT2D eigenvalue weighted by Crippen LogP contribution is -2.30. The second-order valence-electron chi connectivity index (χ2n) is 9.92. The van der Waals surface area contributed by atoms with Gasteiger partial charge in [-0.1, -0.05) is 43.8 Å². The Hall–Kier alpha value is -6.83. The van der Waals surface area contributed by atoms with Gasteiger partial charge in [-0.05, 0) is 31.2 Å². The van der Waals surface area contributed by atoms with E-state index in [1.807, 2.05) is 0 Å². The number of nitrogens with zero attached hydrogens (tertiary/aromatic N) is 4. The second-order valence-corrected chi connectivity index (χ2v) is 9.92. The van der Waals surface area contributed by atoms with E-state index >= 15 is 0 Å². The lowest BCUT2D eigenvalue weighted by atomic mass is 9.90. The molecule has 0 spiro atoms. The van der Waals surface area contributed by atoms with Crippen LogP contribution in [0.4, 0.5) is 35.1 Å². The van der Waals surface area contributed by atoms with Crippen LogP contribution in [0.3, 0.4) is 0 Å². The van der Waals surface area contributed by atoms with Crippen molar-refractivity contribution in [2.45, 2.75) is 14.4 Å². The van der Waals surface area contributed by atoms with Gasteiger partial charge >= 0.3 is 0 Å². The van der Waals surface area contributed by atoms with Crippen molar-refractivity contribution in [3.8, 4) is 12.1 Å². The van der Waals surface area contributed by atoms with Crippen molar-refractivity contribution in [3.05, 3.63) is 193 Å². The average molecular weight is 709 g/mol. The quantitative estimate of drug-likeness (QED) is 0.0914. The van der Waals surface area contributed by atoms with E-state index in [0.29, 0.717) is 0 Å². The minimum absolute atomic E-state index is 0. The first-order chi connectivity index (χ1) is 24.4. The van der Waals surface area contributed by atoms with E-state index in [1.165, 1.54) is 22.3 Å². The van der Waals surface area contributed by atoms with Crippen LogP contribution in [0.25, 0.3) is 26.7 Å². The first-order valence-corrected chi connectivity index (χ1v) is 14.1. The van der Waals surface area contributed by atoms with Gasteiger partial charge in [0.05, 0.1) is 41.3 Å². The topological polar surface area (TPSA) is 56.3 Å². The van der Waals surface area contributed by atoms with Gasteiger partial charge in [-0.3, -0.25) is 0 Å². The van der Waals surface area contributed by atoms with Crippen LogP contribution in [-0.2, 0) is 0 Å². The van der Waals surface area contributed by atoms with Crippen LogP contribution >= 0.6 is 0 Å². The molecule has 5 rings (SSSR count). The van der Waals surface area contributed by atoms with Crippen molar-refractivity contribution in [1.82, 2.24) is 0 Å². The maximum atomic E-state index is 13.6. The molecule has 0 N–H and O–H groups in total. The predicted octanol–water partition coefficient (Wildman–Crippen LogP) is 8.15. The molecule has 1 aliphatic rings. The fourth-order valence-corrected chi connectivity index (χ4v) is 4.39. The van der Waals surface area contributed by atoms with Crippen LogP contribution in [0.15, 0.2) is 90.5 Å². The SMILES string of the molecule is C.C1=C[CH+]C(=C(c2ccccc2)c2ccccc2)C=C1.[B-]c1c(F)c(F)c(C)c(F)c1F.[C-]#[N+]C(C#N)=c1c(F)c(F)c(=C(C#N)[N+]#[C-])c(F)c1F. The molecular formula is C39H22BF8N4. The van der Waals surface area contributed by atoms with Gasteiger partial charge in [0.15, 0.2) is 34.9 Å². The molecule has 0 aromatic heterocycles. The number of hydrogen-bond acceptors (Lipinski definition) is 2. The molecule has 4 aromatic rings. The Labute approximate surface area is 295 Å². The van der Waals surface area contributed by atoms with Gasteiger partial charge in [-0.25, -0.2) is 60.8 Å². The summed E-state index contributed by atoms with van der Waals surface area (Å²) in [6, 6.07) is 23.3. The van der Waals surface area contributed by atoms with E-state index in [4.69, 9.17) is 31.5 Å². The number of nitriles is 2. The number of hydrogen-bond donors (Lipinski definition) is 0. The number of allylic oxidation sites excluding steroid dienone is 5. The van der Waals surface area contributed by atoms with E-state index in [9.17, 15) is 35.1 Å². The maximum Gasteiger partial charge on any atom is 0.275 e. The summed E-state index contributed by atoms with van der Waals surface area (Å²) in [7, 11) is 4.72. The van der Waals surface area contributed by atoms with Crippen molar-refractivity contribution in [2.24, 2.45) is 0 Å². The van der Waals surface area contributed by atoms with Crippen molar-refractivity contribution in [2.75, 3.05) is 0 Å². The van der Waals surface area contributed by atoms with Crippen LogP contribution in [0, 0.1) is 95.7 Å². The average Bonchev–Trinajstić information content (AvgIpc) is 3.17. The van der Waals surface area contributed by atoms with E-state index in [1.54, 1.807) is 0 Å². The minimum Gasteiger partial charge on any atom is -0.572 e. The Morgan fingerprint density at radius 1 is 0.635 bits per heavy atom. The molecule has 0 saturated heterocycles. The third-order valence-corrected chi connectivity index (χ3v) is 6.88. The van der Waals surface area contributed by atoms with Crippen LogP contribution in [0.5, 0.6) is 0 Å². The Balaban J connectivity index is 0.000000276. The number of benzene rings is 4. The first kappa shape index (κ1) is 41.3. The summed E-state index contributed by atoms with van der Waals surface area (Å²) < 4.78 is 105. The van der Waals surface area contributed by atoms with Gasteiger partial charge in [-0.15, -0.1) is 0 Å². The normalized spacial score (nSPS) is 10.6. The molecule has 4 nitrogen and oxygen atoms in total. The van der Waals surface area contributed by atoms with E-state index in [2.05, 4.69) is 101 Å². The Bertz CT molecular complexity index is 2090. The number of halogens is 8. The molecular weight excluding hydrogens is 687 g/mol. The molecule has 3 radical (unpaired) electrons. The molecule has 0 atom stereocenters. The first-order valence-electron chi connectivity index (χ1n) is 14.1. The molecule has 257 valence electrons. The lowest BCUT2D eigenvalue weighted by Gasteiger charge is -2.13. The van der Waals surface area contributed by atoms with Crippen LogP contribution in [-0.4, -0.2) is 7.85 Å². The minimum atomic E-state index is -2.01. The van der Waals surface area contributed by atoms with E-state index < -0.39 is 79.4 Å². The highest BCUT2D eigenvalue weighted by molar-refractivity contribution is 6.32. The molecule has 0 saturated carbocycles. The molecule has 0 aliphatic heterocycles. The summed E-state index contributed by atoms with van der Waals surface area (Å²) in [4.78, 5) is 4.91. The summed E-state index contributed by atoms with van der Waals surface area (Å²) >= 11 is 0. The standard InChI is InChI=1S/C19H15.C12F4N4.C7H3BF4.CH4/c1-4-10-16(11-5-1)19(17-12-6-2-7-13-17)18-14-8-3-9-15-18;1-19-5(3-17)7-9(13)11(15)8(6(4-18)20-2)12(16)10(7)14;1-2-4(9)6(11)3(8)7(12)5(2)10;/h1-15H;;1H3;1H4/q+1;;-1;. The van der Waals surface area contributed by atoms with Gasteiger partial charge < -0.3 is 7.85 Å². The Morgan fingerprint density at radius 3 is 1.33 bits per heavy atom. The second kappa shape index (κ2) is 18.8. The largest absolute Gasteiger partial charge is 0.572 e. The van der Waals surface area contributed by atoms with Gasteiger partial charge in [0.1, 0.15) is 17.2 Å². The fraction of sp³-hybridized carbons (Fsp3) is 0.0513. The van der Waals surface area contributed by atoms with Crippen LogP contribution < -0.4 is 15.9 Å². The molecule has 52 heavy (non-hydrogen) atoms. The van der Waals surface area contributed by atoms with Crippen molar-refractivity contribution >= 4 is 30.3 Å². The molecule has 4 aromatic carbocycles. The van der Waals surface area contributed by atoms with Gasteiger partial charge in [0, 0.05) is 47.4 Å². The molecule has 0 unspecified atom stereocenters. The monoisotopic (exact) mass is 709 g/mol. The highest BCUT2D eigenvalue weighted by Crippen LogP contribution is 2.30. The van der Waals surface area contributed by atoms with E-state index in [-0.39, 0.29) is 7.43 Å². The van der Waals surface area contributed by atoms with Crippen molar-refractivity contribution < 1.29 is 35.1 Å². The zero-order valence-corrected chi connectivity index (χ0v) is 26.1. The molecule has 0 fully saturated rings. The summed E-state index contributed by atoms with van der Waals surface area (Å²) in [5.41, 5.74) is 0.813. The van der Waals surface area contributed by atoms with Gasteiger partial charge in [0.25, 0.3) is 11.4 Å². The lowest BCUT2D eigenvalue weighted by molar-refractivity contribution is 0.434. The van der Waals surface area contributed by atoms with Gasteiger partial charge in [0.2, 0.25) is 0 Å². The zero-order valence-electron chi connectivity index (χ0n) is 26.1. The Morgan fingerprint density at radius 2 is 1.02 bits per heavy atom. The van der Waals surface area contributed by atoms with Crippen molar-refractivity contribution in [3.63, 3.8) is 0 Å². The summed E-state index contributed by atoms with van der Waals surface area (Å²) in [5.74, 6) is -14.0. The molecule has 0 bridgehead atoms. The van der Waals surface area contributed by atoms with Crippen LogP contribution in [0.1, 0.15) is 24.1 Å². The van der Waals surface area contributed by atoms with E-state index in [0.717, 1.165) is 19.1 Å². The molecule has 1 aliphatic carbocycles. The molecule has 13 heteroatoms. The summed E-state index contributed by atoms with van der Waals surface area (Å²) in [6.07, 6.45) is 10.5. The van der Waals surface area contributed by atoms with Gasteiger partial charge in [-0.2, -0.15) is 0 Å². The zero-order chi connectivity index (χ0) is 37.8. The third kappa shape index (κ3) is 8.85. The third-order valence-electron chi connectivity index (χ3n) is 6.88. The summed E-state index contributed by atoms with van der Waals surface area (Å²) in [5, 5.41) is 14.1. The van der Waals surface area contributed by atoms with Crippen molar-refractivity contribution in [1.29, 1.82) is 10.5 Å². The highest BCUT2D eigenvalue weighted by atomic mass is 19.2. The molecule has 0 amide bonds. The predicted molar refractivity (Wildman–Crippen MR) is 181 cm³/mol. The maximum absolute atomic E-state index is 13.6. The Kier molecular flexibility index (Phi) is 15.0. The van der Waals surface area contributed by atoms with Crippen LogP contribution in [0.2, 0.25) is 0 Å². The smallest absolute Gasteiger partial charge is 0.275 e. The summed E-state index contributed by atoms with van der Waals surface area (Å²) in [6.45, 7) is 14.0.